The summed E-state index contributed by atoms with van der Waals surface area (Å²) in [7, 11) is 0. The number of rotatable bonds is 3. The maximum atomic E-state index is 13.0. The van der Waals surface area contributed by atoms with E-state index in [4.69, 9.17) is 16.0 Å². The maximum Gasteiger partial charge on any atom is 0.573 e. The first-order chi connectivity index (χ1) is 14.7. The molecule has 4 heterocycles. The minimum atomic E-state index is -4.97. The number of aromatic nitrogens is 2. The fourth-order valence-corrected chi connectivity index (χ4v) is 5.06. The number of hydrogen-bond donors (Lipinski definition) is 1. The molecule has 2 bridgehead atoms. The summed E-state index contributed by atoms with van der Waals surface area (Å²) in [6.45, 7) is 0.649. The van der Waals surface area contributed by atoms with Crippen LogP contribution in [-0.2, 0) is 0 Å². The van der Waals surface area contributed by atoms with Gasteiger partial charge in [-0.15, -0.1) is 24.5 Å². The highest BCUT2D eigenvalue weighted by Crippen LogP contribution is 2.44. The van der Waals surface area contributed by atoms with E-state index in [0.717, 1.165) is 0 Å². The number of hydrogen-bond acceptors (Lipinski definition) is 7. The van der Waals surface area contributed by atoms with Crippen molar-refractivity contribution in [1.29, 1.82) is 0 Å². The molecule has 2 aromatic heterocycles. The standard InChI is InChI=1S/C18H14ClF3N4O4S/c19-11-3-10(12-6-31-7-23-12)14-13(15(11)30-18(20,21)22)24-16(29-14)25-4-8-1-2-9(5-25)26(8)17(27)28/h3,6-9H,1-2,4-5H2,(H,27,28). The van der Waals surface area contributed by atoms with Crippen LogP contribution in [0.25, 0.3) is 22.4 Å². The number of alkyl halides is 3. The molecule has 2 aliphatic heterocycles. The number of nitrogens with zero attached hydrogens (tertiary/aromatic N) is 4. The van der Waals surface area contributed by atoms with Crippen molar-refractivity contribution in [2.24, 2.45) is 0 Å². The van der Waals surface area contributed by atoms with Crippen molar-refractivity contribution in [2.75, 3.05) is 18.0 Å². The molecule has 0 saturated carbocycles. The van der Waals surface area contributed by atoms with Crippen molar-refractivity contribution >= 4 is 46.1 Å². The fraction of sp³-hybridized carbons (Fsp3) is 0.389. The van der Waals surface area contributed by atoms with E-state index < -0.39 is 18.2 Å². The van der Waals surface area contributed by atoms with E-state index in [2.05, 4.69) is 14.7 Å². The highest BCUT2D eigenvalue weighted by Gasteiger charge is 2.44. The molecule has 31 heavy (non-hydrogen) atoms. The van der Waals surface area contributed by atoms with Crippen molar-refractivity contribution in [3.63, 3.8) is 0 Å². The van der Waals surface area contributed by atoms with Gasteiger partial charge in [0.15, 0.2) is 16.8 Å². The van der Waals surface area contributed by atoms with Gasteiger partial charge in [-0.1, -0.05) is 11.6 Å². The summed E-state index contributed by atoms with van der Waals surface area (Å²) in [5.74, 6) is -0.648. The Balaban J connectivity index is 1.60. The molecule has 2 saturated heterocycles. The number of piperazine rings is 1. The Kier molecular flexibility index (Phi) is 4.66. The van der Waals surface area contributed by atoms with Gasteiger partial charge in [-0.3, -0.25) is 4.90 Å². The molecule has 3 aromatic rings. The zero-order chi connectivity index (χ0) is 21.9. The molecule has 0 spiro atoms. The van der Waals surface area contributed by atoms with Crippen molar-refractivity contribution < 1.29 is 32.2 Å². The van der Waals surface area contributed by atoms with Gasteiger partial charge in [-0.05, 0) is 18.9 Å². The third-order valence-electron chi connectivity index (χ3n) is 5.46. The van der Waals surface area contributed by atoms with E-state index in [1.165, 1.54) is 22.3 Å². The second-order valence-electron chi connectivity index (χ2n) is 7.31. The molecule has 0 aliphatic carbocycles. The quantitative estimate of drug-likeness (QED) is 0.581. The molecular weight excluding hydrogens is 461 g/mol. The van der Waals surface area contributed by atoms with Gasteiger partial charge in [0.25, 0.3) is 6.01 Å². The molecular formula is C18H14ClF3N4O4S. The number of anilines is 1. The van der Waals surface area contributed by atoms with Gasteiger partial charge in [0.05, 0.1) is 28.3 Å². The Bertz CT molecular complexity index is 1140. The fourth-order valence-electron chi connectivity index (χ4n) is 4.27. The zero-order valence-corrected chi connectivity index (χ0v) is 17.2. The first kappa shape index (κ1) is 20.2. The summed E-state index contributed by atoms with van der Waals surface area (Å²) in [6, 6.07) is 0.918. The molecule has 0 radical (unpaired) electrons. The third-order valence-corrected chi connectivity index (χ3v) is 6.33. The van der Waals surface area contributed by atoms with E-state index in [9.17, 15) is 23.1 Å². The number of fused-ring (bicyclic) bond motifs is 3. The van der Waals surface area contributed by atoms with Gasteiger partial charge in [0, 0.05) is 24.0 Å². The largest absolute Gasteiger partial charge is 0.573 e. The van der Waals surface area contributed by atoms with Crippen LogP contribution in [0.5, 0.6) is 5.75 Å². The van der Waals surface area contributed by atoms with E-state index in [0.29, 0.717) is 37.2 Å². The van der Waals surface area contributed by atoms with Crippen LogP contribution < -0.4 is 9.64 Å². The van der Waals surface area contributed by atoms with Gasteiger partial charge in [-0.2, -0.15) is 4.98 Å². The Labute approximate surface area is 181 Å². The van der Waals surface area contributed by atoms with Crippen molar-refractivity contribution in [3.8, 4) is 17.0 Å². The molecule has 1 amide bonds. The van der Waals surface area contributed by atoms with Gasteiger partial charge >= 0.3 is 12.5 Å². The van der Waals surface area contributed by atoms with Crippen LogP contribution in [0.1, 0.15) is 12.8 Å². The SMILES string of the molecule is O=C(O)N1C2CCC1CN(c1nc3c(OC(F)(F)F)c(Cl)cc(-c4cscn4)c3o1)C2. The smallest absolute Gasteiger partial charge is 0.465 e. The van der Waals surface area contributed by atoms with Gasteiger partial charge < -0.3 is 19.2 Å². The van der Waals surface area contributed by atoms with Crippen molar-refractivity contribution in [2.45, 2.75) is 31.3 Å². The highest BCUT2D eigenvalue weighted by molar-refractivity contribution is 7.07. The number of ether oxygens (including phenoxy) is 1. The van der Waals surface area contributed by atoms with Crippen LogP contribution in [0, 0.1) is 0 Å². The lowest BCUT2D eigenvalue weighted by Crippen LogP contribution is -2.55. The highest BCUT2D eigenvalue weighted by atomic mass is 35.5. The predicted octanol–water partition coefficient (Wildman–Crippen LogP) is 4.83. The molecule has 2 fully saturated rings. The number of thiazole rings is 1. The number of carbonyl (C=O) groups is 1. The summed E-state index contributed by atoms with van der Waals surface area (Å²) in [6.07, 6.45) is -4.55. The van der Waals surface area contributed by atoms with Crippen LogP contribution in [0.3, 0.4) is 0 Å². The number of oxazole rings is 1. The monoisotopic (exact) mass is 474 g/mol. The Morgan fingerprint density at radius 1 is 1.32 bits per heavy atom. The summed E-state index contributed by atoms with van der Waals surface area (Å²) < 4.78 is 49.0. The molecule has 8 nitrogen and oxygen atoms in total. The van der Waals surface area contributed by atoms with Crippen LogP contribution >= 0.6 is 22.9 Å². The second kappa shape index (κ2) is 7.16. The summed E-state index contributed by atoms with van der Waals surface area (Å²) >= 11 is 7.43. The number of halogens is 4. The maximum absolute atomic E-state index is 13.0. The molecule has 2 unspecified atom stereocenters. The van der Waals surface area contributed by atoms with E-state index in [-0.39, 0.29) is 34.2 Å². The van der Waals surface area contributed by atoms with Crippen LogP contribution in [-0.4, -0.2) is 57.6 Å². The molecule has 1 aromatic carbocycles. The molecule has 5 rings (SSSR count). The second-order valence-corrected chi connectivity index (χ2v) is 8.44. The van der Waals surface area contributed by atoms with Crippen LogP contribution in [0.15, 0.2) is 21.4 Å². The summed E-state index contributed by atoms with van der Waals surface area (Å²) in [5, 5.41) is 10.9. The van der Waals surface area contributed by atoms with Gasteiger partial charge in [0.2, 0.25) is 0 Å². The minimum Gasteiger partial charge on any atom is -0.465 e. The first-order valence-electron chi connectivity index (χ1n) is 9.25. The topological polar surface area (TPSA) is 91.9 Å². The zero-order valence-electron chi connectivity index (χ0n) is 15.6. The van der Waals surface area contributed by atoms with E-state index in [1.54, 1.807) is 15.8 Å². The van der Waals surface area contributed by atoms with Gasteiger partial charge in [-0.25, -0.2) is 9.78 Å². The molecule has 13 heteroatoms. The lowest BCUT2D eigenvalue weighted by atomic mass is 10.1. The molecule has 1 N–H and O–H groups in total. The van der Waals surface area contributed by atoms with Crippen LogP contribution in [0.2, 0.25) is 5.02 Å². The van der Waals surface area contributed by atoms with E-state index >= 15 is 0 Å². The Morgan fingerprint density at radius 3 is 2.61 bits per heavy atom. The van der Waals surface area contributed by atoms with Gasteiger partial charge in [0.1, 0.15) is 0 Å². The van der Waals surface area contributed by atoms with Crippen molar-refractivity contribution in [1.82, 2.24) is 14.9 Å². The van der Waals surface area contributed by atoms with Crippen molar-refractivity contribution in [3.05, 3.63) is 22.0 Å². The lowest BCUT2D eigenvalue weighted by Gasteiger charge is -2.38. The summed E-state index contributed by atoms with van der Waals surface area (Å²) in [5.41, 5.74) is 2.35. The Morgan fingerprint density at radius 2 is 2.03 bits per heavy atom. The third kappa shape index (κ3) is 3.53. The molecule has 2 aliphatic rings. The molecule has 2 atom stereocenters. The van der Waals surface area contributed by atoms with Crippen LogP contribution in [0.4, 0.5) is 24.0 Å². The Hall–Kier alpha value is -2.73. The number of amides is 1. The number of benzene rings is 1. The predicted molar refractivity (Wildman–Crippen MR) is 106 cm³/mol. The summed E-state index contributed by atoms with van der Waals surface area (Å²) in [4.78, 5) is 23.2. The number of carboxylic acid groups (broad SMARTS) is 1. The normalized spacial score (nSPS) is 21.2. The van der Waals surface area contributed by atoms with E-state index in [1.807, 2.05) is 0 Å². The first-order valence-corrected chi connectivity index (χ1v) is 10.6. The average molecular weight is 475 g/mol. The average Bonchev–Trinajstić information content (AvgIpc) is 3.41. The molecule has 164 valence electrons. The lowest BCUT2D eigenvalue weighted by molar-refractivity contribution is -0.274. The minimum absolute atomic E-state index is 0.0672.